The number of amides is 1. The minimum absolute atomic E-state index is 0.216. The molecule has 0 aliphatic heterocycles. The van der Waals surface area contributed by atoms with Crippen molar-refractivity contribution in [3.8, 4) is 11.5 Å². The Bertz CT molecular complexity index is 656. The molecule has 22 heavy (non-hydrogen) atoms. The van der Waals surface area contributed by atoms with Crippen LogP contribution in [0, 0.1) is 5.21 Å². The van der Waals surface area contributed by atoms with Crippen LogP contribution in [0.2, 0.25) is 0 Å². The predicted molar refractivity (Wildman–Crippen MR) is 80.8 cm³/mol. The van der Waals surface area contributed by atoms with E-state index in [-0.39, 0.29) is 11.9 Å². The SMILES string of the molecule is COc1ccc(C(C)NC(=O)c2cc[n+]([O-])cc2)cc1OC. The van der Waals surface area contributed by atoms with Gasteiger partial charge < -0.3 is 20.0 Å². The highest BCUT2D eigenvalue weighted by atomic mass is 16.5. The Morgan fingerprint density at radius 1 is 1.14 bits per heavy atom. The minimum Gasteiger partial charge on any atom is -0.619 e. The Morgan fingerprint density at radius 3 is 2.36 bits per heavy atom. The number of hydrogen-bond donors (Lipinski definition) is 1. The van der Waals surface area contributed by atoms with Crippen LogP contribution in [0.3, 0.4) is 0 Å². The first-order chi connectivity index (χ1) is 10.5. The number of carbonyl (C=O) groups is 1. The maximum absolute atomic E-state index is 12.1. The Balaban J connectivity index is 2.13. The Morgan fingerprint density at radius 2 is 1.77 bits per heavy atom. The number of carbonyl (C=O) groups excluding carboxylic acids is 1. The van der Waals surface area contributed by atoms with Crippen LogP contribution in [-0.4, -0.2) is 20.1 Å². The van der Waals surface area contributed by atoms with Crippen LogP contribution < -0.4 is 19.5 Å². The molecule has 1 N–H and O–H groups in total. The molecule has 0 saturated carbocycles. The summed E-state index contributed by atoms with van der Waals surface area (Å²) < 4.78 is 11.1. The van der Waals surface area contributed by atoms with Crippen molar-refractivity contribution in [1.29, 1.82) is 0 Å². The van der Waals surface area contributed by atoms with Crippen LogP contribution in [0.25, 0.3) is 0 Å². The highest BCUT2D eigenvalue weighted by molar-refractivity contribution is 5.94. The van der Waals surface area contributed by atoms with Crippen LogP contribution >= 0.6 is 0 Å². The number of ether oxygens (including phenoxy) is 2. The second-order valence-electron chi connectivity index (χ2n) is 4.76. The van der Waals surface area contributed by atoms with Gasteiger partial charge in [0.25, 0.3) is 5.91 Å². The van der Waals surface area contributed by atoms with Gasteiger partial charge in [-0.2, -0.15) is 4.73 Å². The Kier molecular flexibility index (Phi) is 4.83. The van der Waals surface area contributed by atoms with Crippen molar-refractivity contribution in [3.63, 3.8) is 0 Å². The van der Waals surface area contributed by atoms with Crippen molar-refractivity contribution in [2.24, 2.45) is 0 Å². The largest absolute Gasteiger partial charge is 0.619 e. The average molecular weight is 302 g/mol. The molecule has 6 heteroatoms. The zero-order valence-electron chi connectivity index (χ0n) is 12.7. The van der Waals surface area contributed by atoms with Crippen molar-refractivity contribution < 1.29 is 19.0 Å². The topological polar surface area (TPSA) is 74.5 Å². The van der Waals surface area contributed by atoms with Gasteiger partial charge in [0.05, 0.1) is 25.8 Å². The van der Waals surface area contributed by atoms with E-state index >= 15 is 0 Å². The second kappa shape index (κ2) is 6.80. The molecular weight excluding hydrogens is 284 g/mol. The van der Waals surface area contributed by atoms with Crippen molar-refractivity contribution in [1.82, 2.24) is 5.32 Å². The monoisotopic (exact) mass is 302 g/mol. The number of rotatable bonds is 5. The number of pyridine rings is 1. The highest BCUT2D eigenvalue weighted by Gasteiger charge is 2.14. The van der Waals surface area contributed by atoms with Gasteiger partial charge in [-0.25, -0.2) is 0 Å². The smallest absolute Gasteiger partial charge is 0.252 e. The lowest BCUT2D eigenvalue weighted by Crippen LogP contribution is -2.29. The number of benzene rings is 1. The van der Waals surface area contributed by atoms with E-state index in [1.807, 2.05) is 19.1 Å². The molecular formula is C16H18N2O4. The molecule has 1 heterocycles. The van der Waals surface area contributed by atoms with E-state index in [9.17, 15) is 10.0 Å². The summed E-state index contributed by atoms with van der Waals surface area (Å²) in [4.78, 5) is 12.1. The Hall–Kier alpha value is -2.76. The zero-order chi connectivity index (χ0) is 16.1. The van der Waals surface area contributed by atoms with E-state index in [1.165, 1.54) is 24.5 Å². The number of hydrogen-bond acceptors (Lipinski definition) is 4. The lowest BCUT2D eigenvalue weighted by atomic mass is 10.1. The third-order valence-corrected chi connectivity index (χ3v) is 3.32. The fourth-order valence-corrected chi connectivity index (χ4v) is 2.05. The molecule has 0 aliphatic rings. The first-order valence-electron chi connectivity index (χ1n) is 6.76. The molecule has 0 spiro atoms. The summed E-state index contributed by atoms with van der Waals surface area (Å²) in [5.74, 6) is 0.990. The van der Waals surface area contributed by atoms with E-state index in [2.05, 4.69) is 5.32 Å². The van der Waals surface area contributed by atoms with Gasteiger partial charge in [-0.1, -0.05) is 6.07 Å². The van der Waals surface area contributed by atoms with Crippen molar-refractivity contribution in [2.45, 2.75) is 13.0 Å². The van der Waals surface area contributed by atoms with Crippen LogP contribution in [0.4, 0.5) is 0 Å². The van der Waals surface area contributed by atoms with Crippen LogP contribution in [-0.2, 0) is 0 Å². The lowest BCUT2D eigenvalue weighted by molar-refractivity contribution is -0.605. The number of nitrogens with one attached hydrogen (secondary N) is 1. The van der Waals surface area contributed by atoms with Crippen molar-refractivity contribution in [3.05, 3.63) is 59.1 Å². The summed E-state index contributed by atoms with van der Waals surface area (Å²) in [6, 6.07) is 8.21. The fraction of sp³-hybridized carbons (Fsp3) is 0.250. The third kappa shape index (κ3) is 3.46. The number of aromatic nitrogens is 1. The van der Waals surface area contributed by atoms with Gasteiger partial charge in [0, 0.05) is 12.1 Å². The average Bonchev–Trinajstić information content (AvgIpc) is 2.54. The first-order valence-corrected chi connectivity index (χ1v) is 6.76. The van der Waals surface area contributed by atoms with Gasteiger partial charge in [0.1, 0.15) is 0 Å². The molecule has 0 aliphatic carbocycles. The third-order valence-electron chi connectivity index (χ3n) is 3.32. The van der Waals surface area contributed by atoms with E-state index < -0.39 is 0 Å². The Labute approximate surface area is 128 Å². The standard InChI is InChI=1S/C16H18N2O4/c1-11(13-4-5-14(21-2)15(10-13)22-3)17-16(19)12-6-8-18(20)9-7-12/h4-11H,1-3H3,(H,17,19). The maximum Gasteiger partial charge on any atom is 0.252 e. The summed E-state index contributed by atoms with van der Waals surface area (Å²) in [6.45, 7) is 1.87. The summed E-state index contributed by atoms with van der Waals surface area (Å²) in [7, 11) is 3.13. The molecule has 1 aromatic carbocycles. The van der Waals surface area contributed by atoms with Gasteiger partial charge in [0.15, 0.2) is 23.9 Å². The quantitative estimate of drug-likeness (QED) is 0.675. The van der Waals surface area contributed by atoms with Crippen LogP contribution in [0.5, 0.6) is 11.5 Å². The normalized spacial score (nSPS) is 11.6. The molecule has 0 saturated heterocycles. The van der Waals surface area contributed by atoms with Crippen LogP contribution in [0.15, 0.2) is 42.7 Å². The van der Waals surface area contributed by atoms with E-state index in [0.29, 0.717) is 21.8 Å². The van der Waals surface area contributed by atoms with Gasteiger partial charge in [-0.15, -0.1) is 0 Å². The van der Waals surface area contributed by atoms with Gasteiger partial charge in [0.2, 0.25) is 0 Å². The van der Waals surface area contributed by atoms with Crippen molar-refractivity contribution >= 4 is 5.91 Å². The molecule has 2 rings (SSSR count). The predicted octanol–water partition coefficient (Wildman–Crippen LogP) is 1.83. The molecule has 2 aromatic rings. The summed E-state index contributed by atoms with van der Waals surface area (Å²) in [6.07, 6.45) is 2.58. The van der Waals surface area contributed by atoms with Gasteiger partial charge >= 0.3 is 0 Å². The van der Waals surface area contributed by atoms with Gasteiger partial charge in [-0.3, -0.25) is 4.79 Å². The highest BCUT2D eigenvalue weighted by Crippen LogP contribution is 2.29. The van der Waals surface area contributed by atoms with E-state index in [0.717, 1.165) is 5.56 Å². The maximum atomic E-state index is 12.1. The first kappa shape index (κ1) is 15.6. The zero-order valence-corrected chi connectivity index (χ0v) is 12.7. The van der Waals surface area contributed by atoms with Crippen molar-refractivity contribution in [2.75, 3.05) is 14.2 Å². The molecule has 1 unspecified atom stereocenters. The summed E-state index contributed by atoms with van der Waals surface area (Å²) in [5.41, 5.74) is 1.32. The summed E-state index contributed by atoms with van der Waals surface area (Å²) in [5, 5.41) is 13.9. The molecule has 1 atom stereocenters. The molecule has 116 valence electrons. The second-order valence-corrected chi connectivity index (χ2v) is 4.76. The molecule has 1 amide bonds. The fourth-order valence-electron chi connectivity index (χ4n) is 2.05. The van der Waals surface area contributed by atoms with Gasteiger partial charge in [-0.05, 0) is 24.6 Å². The minimum atomic E-state index is -0.247. The number of nitrogens with zero attached hydrogens (tertiary/aromatic N) is 1. The number of methoxy groups -OCH3 is 2. The molecule has 6 nitrogen and oxygen atoms in total. The summed E-state index contributed by atoms with van der Waals surface area (Å²) >= 11 is 0. The molecule has 0 radical (unpaired) electrons. The molecule has 0 fully saturated rings. The lowest BCUT2D eigenvalue weighted by Gasteiger charge is -2.16. The van der Waals surface area contributed by atoms with E-state index in [1.54, 1.807) is 20.3 Å². The molecule has 0 bridgehead atoms. The molecule has 1 aromatic heterocycles. The van der Waals surface area contributed by atoms with E-state index in [4.69, 9.17) is 9.47 Å². The van der Waals surface area contributed by atoms with Crippen LogP contribution in [0.1, 0.15) is 28.9 Å².